The third-order valence-corrected chi connectivity index (χ3v) is 9.61. The van der Waals surface area contributed by atoms with Crippen molar-refractivity contribution in [2.75, 3.05) is 0 Å². The van der Waals surface area contributed by atoms with Crippen molar-refractivity contribution >= 4 is 25.2 Å². The van der Waals surface area contributed by atoms with Crippen LogP contribution in [0.1, 0.15) is 27.7 Å². The Labute approximate surface area is 171 Å². The molecule has 0 bridgehead atoms. The number of esters is 1. The lowest BCUT2D eigenvalue weighted by molar-refractivity contribution is -0.131. The molecule has 0 unspecified atom stereocenters. The van der Waals surface area contributed by atoms with E-state index in [2.05, 4.69) is 43.8 Å². The number of para-hydroxylation sites is 1. The Bertz CT molecular complexity index is 1130. The van der Waals surface area contributed by atoms with Crippen molar-refractivity contribution in [3.05, 3.63) is 52.8 Å². The van der Waals surface area contributed by atoms with Crippen LogP contribution < -0.4 is 14.7 Å². The first kappa shape index (κ1) is 20.8. The third kappa shape index (κ3) is 4.40. The summed E-state index contributed by atoms with van der Waals surface area (Å²) in [5, 5.41) is 0.524. The van der Waals surface area contributed by atoms with E-state index in [1.807, 2.05) is 6.07 Å². The van der Waals surface area contributed by atoms with Gasteiger partial charge in [-0.15, -0.1) is 0 Å². The van der Waals surface area contributed by atoms with E-state index < -0.39 is 14.3 Å². The van der Waals surface area contributed by atoms with Crippen LogP contribution in [0.3, 0.4) is 0 Å². The van der Waals surface area contributed by atoms with Gasteiger partial charge in [0.1, 0.15) is 17.3 Å². The summed E-state index contributed by atoms with van der Waals surface area (Å²) in [7, 11) is -2.07. The number of carbonyl (C=O) groups excluding carboxylic acids is 1. The lowest BCUT2D eigenvalue weighted by Gasteiger charge is -2.36. The normalized spacial score (nSPS) is 12.1. The fraction of sp³-hybridized carbons (Fsp3) is 0.318. The molecule has 1 N–H and O–H groups in total. The number of benzene rings is 2. The minimum atomic E-state index is -2.07. The molecule has 0 aliphatic heterocycles. The topological polar surface area (TPSA) is 81.3 Å². The molecule has 0 aliphatic carbocycles. The first-order valence-corrected chi connectivity index (χ1v) is 12.4. The molecule has 6 nitrogen and oxygen atoms in total. The molecule has 2 aromatic carbocycles. The summed E-state index contributed by atoms with van der Waals surface area (Å²) in [5.74, 6) is 0.842. The van der Waals surface area contributed by atoms with Gasteiger partial charge in [0.25, 0.3) is 5.56 Å². The van der Waals surface area contributed by atoms with E-state index in [1.54, 1.807) is 36.4 Å². The lowest BCUT2D eigenvalue weighted by Crippen LogP contribution is -2.43. The molecule has 0 atom stereocenters. The Kier molecular flexibility index (Phi) is 5.36. The summed E-state index contributed by atoms with van der Waals surface area (Å²) in [6.07, 6.45) is 0. The van der Waals surface area contributed by atoms with Crippen molar-refractivity contribution in [1.29, 1.82) is 0 Å². The van der Waals surface area contributed by atoms with Gasteiger partial charge < -0.3 is 14.1 Å². The third-order valence-electron chi connectivity index (χ3n) is 5.25. The predicted octanol–water partition coefficient (Wildman–Crippen LogP) is 4.90. The minimum absolute atomic E-state index is 0.0250. The highest BCUT2D eigenvalue weighted by Gasteiger charge is 2.39. The summed E-state index contributed by atoms with van der Waals surface area (Å²) in [4.78, 5) is 31.5. The van der Waals surface area contributed by atoms with Gasteiger partial charge in [-0.1, -0.05) is 32.9 Å². The number of ether oxygens (including phenoxy) is 1. The van der Waals surface area contributed by atoms with Gasteiger partial charge in [0.15, 0.2) is 0 Å². The van der Waals surface area contributed by atoms with E-state index in [9.17, 15) is 9.59 Å². The van der Waals surface area contributed by atoms with Crippen molar-refractivity contribution in [2.24, 2.45) is 0 Å². The summed E-state index contributed by atoms with van der Waals surface area (Å²) >= 11 is 0. The molecule has 0 aliphatic rings. The van der Waals surface area contributed by atoms with Crippen LogP contribution in [0.2, 0.25) is 18.1 Å². The number of aromatic nitrogens is 2. The predicted molar refractivity (Wildman–Crippen MR) is 117 cm³/mol. The van der Waals surface area contributed by atoms with Gasteiger partial charge in [0, 0.05) is 6.92 Å². The van der Waals surface area contributed by atoms with Crippen LogP contribution in [0.4, 0.5) is 0 Å². The number of hydrogen-bond acceptors (Lipinski definition) is 5. The number of aromatic amines is 1. The lowest BCUT2D eigenvalue weighted by atomic mass is 10.1. The van der Waals surface area contributed by atoms with Crippen molar-refractivity contribution in [2.45, 2.75) is 45.8 Å². The second-order valence-corrected chi connectivity index (χ2v) is 13.3. The number of hydrogen-bond donors (Lipinski definition) is 1. The van der Waals surface area contributed by atoms with Crippen LogP contribution in [0.15, 0.2) is 47.3 Å². The zero-order chi connectivity index (χ0) is 21.4. The van der Waals surface area contributed by atoms with Gasteiger partial charge >= 0.3 is 5.97 Å². The first-order valence-electron chi connectivity index (χ1n) is 9.49. The Morgan fingerprint density at radius 2 is 1.79 bits per heavy atom. The van der Waals surface area contributed by atoms with E-state index in [4.69, 9.17) is 9.16 Å². The van der Waals surface area contributed by atoms with Crippen LogP contribution in [0, 0.1) is 0 Å². The highest BCUT2D eigenvalue weighted by molar-refractivity contribution is 6.74. The molecule has 29 heavy (non-hydrogen) atoms. The average Bonchev–Trinajstić information content (AvgIpc) is 2.61. The molecule has 3 aromatic rings. The molecule has 0 saturated heterocycles. The van der Waals surface area contributed by atoms with Gasteiger partial charge in [-0.25, -0.2) is 4.98 Å². The smallest absolute Gasteiger partial charge is 0.308 e. The molecule has 152 valence electrons. The van der Waals surface area contributed by atoms with Crippen LogP contribution >= 0.6 is 0 Å². The largest absolute Gasteiger partial charge is 0.543 e. The van der Waals surface area contributed by atoms with E-state index in [0.717, 1.165) is 0 Å². The molecular formula is C22H26N2O4Si. The summed E-state index contributed by atoms with van der Waals surface area (Å²) < 4.78 is 11.7. The standard InChI is InChI=1S/C22H26N2O4Si/c1-14(25)27-19-12-11-15(28-29(5,6)22(2,3)4)13-17(19)20-23-18-10-8-7-9-16(18)21(26)24-20/h7-13H,1-6H3,(H,23,24,26). The average molecular weight is 411 g/mol. The highest BCUT2D eigenvalue weighted by atomic mass is 28.4. The summed E-state index contributed by atoms with van der Waals surface area (Å²) in [6, 6.07) is 12.3. The van der Waals surface area contributed by atoms with Crippen molar-refractivity contribution < 1.29 is 14.0 Å². The van der Waals surface area contributed by atoms with Crippen molar-refractivity contribution in [3.63, 3.8) is 0 Å². The fourth-order valence-electron chi connectivity index (χ4n) is 2.66. The fourth-order valence-corrected chi connectivity index (χ4v) is 3.69. The van der Waals surface area contributed by atoms with Gasteiger partial charge in [0.05, 0.1) is 16.5 Å². The minimum Gasteiger partial charge on any atom is -0.543 e. The van der Waals surface area contributed by atoms with Gasteiger partial charge in [-0.05, 0) is 48.5 Å². The van der Waals surface area contributed by atoms with E-state index in [-0.39, 0.29) is 10.6 Å². The number of fused-ring (bicyclic) bond motifs is 1. The van der Waals surface area contributed by atoms with Gasteiger partial charge in [-0.3, -0.25) is 9.59 Å². The molecule has 7 heteroatoms. The molecule has 0 amide bonds. The van der Waals surface area contributed by atoms with Crippen molar-refractivity contribution in [3.8, 4) is 22.9 Å². The quantitative estimate of drug-likeness (QED) is 0.376. The zero-order valence-electron chi connectivity index (χ0n) is 17.6. The monoisotopic (exact) mass is 410 g/mol. The van der Waals surface area contributed by atoms with Crippen LogP contribution in [-0.4, -0.2) is 24.3 Å². The molecule has 1 aromatic heterocycles. The van der Waals surface area contributed by atoms with E-state index >= 15 is 0 Å². The Morgan fingerprint density at radius 3 is 2.45 bits per heavy atom. The molecule has 0 fully saturated rings. The molecule has 0 saturated carbocycles. The molecule has 3 rings (SSSR count). The summed E-state index contributed by atoms with van der Waals surface area (Å²) in [5.41, 5.74) is 0.810. The number of rotatable bonds is 4. The van der Waals surface area contributed by atoms with Crippen molar-refractivity contribution in [1.82, 2.24) is 9.97 Å². The van der Waals surface area contributed by atoms with Crippen LogP contribution in [0.25, 0.3) is 22.3 Å². The first-order chi connectivity index (χ1) is 13.5. The Balaban J connectivity index is 2.15. The van der Waals surface area contributed by atoms with Crippen LogP contribution in [-0.2, 0) is 4.79 Å². The molecule has 1 heterocycles. The SMILES string of the molecule is CC(=O)Oc1ccc(O[Si](C)(C)C(C)(C)C)cc1-c1nc2ccccc2c(=O)[nH]1. The summed E-state index contributed by atoms with van der Waals surface area (Å²) in [6.45, 7) is 12.1. The second-order valence-electron chi connectivity index (χ2n) is 8.55. The van der Waals surface area contributed by atoms with E-state index in [0.29, 0.717) is 33.8 Å². The number of H-pyrrole nitrogens is 1. The number of carbonyl (C=O) groups is 1. The Morgan fingerprint density at radius 1 is 1.10 bits per heavy atom. The van der Waals surface area contributed by atoms with Gasteiger partial charge in [-0.2, -0.15) is 0 Å². The van der Waals surface area contributed by atoms with E-state index in [1.165, 1.54) is 6.92 Å². The maximum absolute atomic E-state index is 12.5. The maximum Gasteiger partial charge on any atom is 0.308 e. The van der Waals surface area contributed by atoms with Gasteiger partial charge in [0.2, 0.25) is 8.32 Å². The number of nitrogens with zero attached hydrogens (tertiary/aromatic N) is 1. The Hall–Kier alpha value is -2.93. The molecular weight excluding hydrogens is 384 g/mol. The highest BCUT2D eigenvalue weighted by Crippen LogP contribution is 2.39. The molecule has 0 radical (unpaired) electrons. The molecule has 0 spiro atoms. The zero-order valence-corrected chi connectivity index (χ0v) is 18.6. The number of nitrogens with one attached hydrogen (secondary N) is 1. The van der Waals surface area contributed by atoms with Crippen LogP contribution in [0.5, 0.6) is 11.5 Å². The maximum atomic E-state index is 12.5. The second kappa shape index (κ2) is 7.48.